The first-order valence-corrected chi connectivity index (χ1v) is 11.5. The van der Waals surface area contributed by atoms with Gasteiger partial charge in [-0.2, -0.15) is 0 Å². The summed E-state index contributed by atoms with van der Waals surface area (Å²) in [6.07, 6.45) is -0.486. The van der Waals surface area contributed by atoms with Crippen molar-refractivity contribution < 1.29 is 32.9 Å². The van der Waals surface area contributed by atoms with Crippen molar-refractivity contribution in [3.05, 3.63) is 75.6 Å². The zero-order valence-electron chi connectivity index (χ0n) is 18.5. The number of Topliss-reactive ketones (excluding diaryl/α,β-unsaturated/α-hetero) is 1. The van der Waals surface area contributed by atoms with Gasteiger partial charge < -0.3 is 28.1 Å². The molecule has 0 aliphatic carbocycles. The number of hydrogen-bond acceptors (Lipinski definition) is 8. The van der Waals surface area contributed by atoms with E-state index in [1.165, 1.54) is 0 Å². The van der Waals surface area contributed by atoms with Crippen molar-refractivity contribution in [1.82, 2.24) is 0 Å². The Kier molecular flexibility index (Phi) is 5.45. The first-order valence-electron chi connectivity index (χ1n) is 11.5. The van der Waals surface area contributed by atoms with Crippen LogP contribution in [0.1, 0.15) is 40.8 Å². The van der Waals surface area contributed by atoms with Crippen molar-refractivity contribution >= 4 is 16.8 Å². The second-order valence-electron chi connectivity index (χ2n) is 8.61. The van der Waals surface area contributed by atoms with Crippen LogP contribution in [0.2, 0.25) is 0 Å². The van der Waals surface area contributed by atoms with Gasteiger partial charge in [-0.15, -0.1) is 0 Å². The maximum absolute atomic E-state index is 13.8. The van der Waals surface area contributed by atoms with Crippen LogP contribution in [0, 0.1) is 0 Å². The van der Waals surface area contributed by atoms with Crippen molar-refractivity contribution in [3.8, 4) is 5.75 Å². The Morgan fingerprint density at radius 2 is 1.50 bits per heavy atom. The molecule has 2 aromatic carbocycles. The molecule has 0 radical (unpaired) electrons. The number of hydrogen-bond donors (Lipinski definition) is 0. The maximum atomic E-state index is 13.8. The predicted octanol–water partition coefficient (Wildman–Crippen LogP) is 3.55. The smallest absolute Gasteiger partial charge is 0.229 e. The standard InChI is InChI=1S/C26H24O8/c27-22-16-7-1-3-9-18(16)33-20(21(22)24-29-11-5-12-30-24)15-26(25-31-13-6-14-32-25)23(28)17-8-2-4-10-19(17)34-26/h1-4,7-10,24-25H,5-6,11-15H2. The second-order valence-corrected chi connectivity index (χ2v) is 8.61. The number of benzene rings is 2. The zero-order chi connectivity index (χ0) is 23.1. The number of rotatable bonds is 4. The second kappa shape index (κ2) is 8.63. The third kappa shape index (κ3) is 3.45. The quantitative estimate of drug-likeness (QED) is 0.579. The van der Waals surface area contributed by atoms with Gasteiger partial charge in [-0.05, 0) is 37.1 Å². The number of carbonyl (C=O) groups is 1. The molecule has 1 unspecified atom stereocenters. The van der Waals surface area contributed by atoms with Crippen molar-refractivity contribution in [3.63, 3.8) is 0 Å². The first-order chi connectivity index (χ1) is 16.7. The summed E-state index contributed by atoms with van der Waals surface area (Å²) in [4.78, 5) is 27.4. The summed E-state index contributed by atoms with van der Waals surface area (Å²) in [6.45, 7) is 1.78. The normalized spacial score (nSPS) is 23.7. The molecule has 0 saturated carbocycles. The molecule has 8 heteroatoms. The summed E-state index contributed by atoms with van der Waals surface area (Å²) in [5.41, 5.74) is -0.722. The Balaban J connectivity index is 1.51. The molecule has 3 aliphatic rings. The van der Waals surface area contributed by atoms with E-state index < -0.39 is 18.2 Å². The lowest BCUT2D eigenvalue weighted by molar-refractivity contribution is -0.236. The number of para-hydroxylation sites is 2. The molecule has 34 heavy (non-hydrogen) atoms. The van der Waals surface area contributed by atoms with Crippen molar-refractivity contribution in [2.75, 3.05) is 26.4 Å². The highest BCUT2D eigenvalue weighted by molar-refractivity contribution is 6.08. The molecule has 3 aliphatic heterocycles. The third-order valence-corrected chi connectivity index (χ3v) is 6.41. The lowest BCUT2D eigenvalue weighted by atomic mass is 9.88. The van der Waals surface area contributed by atoms with E-state index in [-0.39, 0.29) is 29.0 Å². The van der Waals surface area contributed by atoms with Crippen LogP contribution >= 0.6 is 0 Å². The van der Waals surface area contributed by atoms with Crippen molar-refractivity contribution in [2.45, 2.75) is 37.4 Å². The minimum atomic E-state index is -1.55. The number of carbonyl (C=O) groups excluding carboxylic acids is 1. The van der Waals surface area contributed by atoms with E-state index in [0.717, 1.165) is 6.42 Å². The molecule has 8 nitrogen and oxygen atoms in total. The van der Waals surface area contributed by atoms with E-state index in [1.807, 2.05) is 0 Å². The molecule has 0 bridgehead atoms. The molecule has 0 N–H and O–H groups in total. The largest absolute Gasteiger partial charge is 0.472 e. The van der Waals surface area contributed by atoms with Gasteiger partial charge in [0.25, 0.3) is 0 Å². The molecule has 6 rings (SSSR count). The lowest BCUT2D eigenvalue weighted by Gasteiger charge is -2.37. The van der Waals surface area contributed by atoms with Crippen LogP contribution in [0.4, 0.5) is 0 Å². The van der Waals surface area contributed by atoms with Gasteiger partial charge >= 0.3 is 0 Å². The Hall–Kier alpha value is -3.04. The number of ketones is 1. The van der Waals surface area contributed by atoms with Crippen LogP contribution in [-0.2, 0) is 25.4 Å². The zero-order valence-corrected chi connectivity index (χ0v) is 18.5. The fraction of sp³-hybridized carbons (Fsp3) is 0.385. The molecular weight excluding hydrogens is 440 g/mol. The summed E-state index contributed by atoms with van der Waals surface area (Å²) < 4.78 is 35.9. The van der Waals surface area contributed by atoms with Crippen molar-refractivity contribution in [2.24, 2.45) is 0 Å². The predicted molar refractivity (Wildman–Crippen MR) is 120 cm³/mol. The minimum Gasteiger partial charge on any atom is -0.472 e. The molecule has 2 saturated heterocycles. The van der Waals surface area contributed by atoms with E-state index in [9.17, 15) is 9.59 Å². The van der Waals surface area contributed by atoms with E-state index in [4.69, 9.17) is 28.1 Å². The van der Waals surface area contributed by atoms with Gasteiger partial charge in [0, 0.05) is 0 Å². The van der Waals surface area contributed by atoms with Gasteiger partial charge in [-0.1, -0.05) is 24.3 Å². The average Bonchev–Trinajstić information content (AvgIpc) is 3.17. The molecule has 2 fully saturated rings. The van der Waals surface area contributed by atoms with Gasteiger partial charge in [0.2, 0.25) is 23.1 Å². The van der Waals surface area contributed by atoms with Gasteiger partial charge in [0.15, 0.2) is 6.29 Å². The van der Waals surface area contributed by atoms with Crippen LogP contribution in [-0.4, -0.2) is 44.1 Å². The third-order valence-electron chi connectivity index (χ3n) is 6.41. The Labute approximate surface area is 195 Å². The molecule has 0 spiro atoms. The van der Waals surface area contributed by atoms with E-state index in [1.54, 1.807) is 48.5 Å². The van der Waals surface area contributed by atoms with E-state index in [2.05, 4.69) is 0 Å². The highest BCUT2D eigenvalue weighted by atomic mass is 16.7. The Bertz CT molecular complexity index is 1290. The van der Waals surface area contributed by atoms with Crippen LogP contribution in [0.3, 0.4) is 0 Å². The first kappa shape index (κ1) is 21.5. The van der Waals surface area contributed by atoms with E-state index >= 15 is 0 Å². The Morgan fingerprint density at radius 1 is 0.824 bits per heavy atom. The SMILES string of the molecule is O=C1c2ccccc2OC1(Cc1oc2ccccc2c(=O)c1C1OCCCO1)C1OCCCO1. The molecule has 4 heterocycles. The van der Waals surface area contributed by atoms with Gasteiger partial charge in [0.05, 0.1) is 49.4 Å². The summed E-state index contributed by atoms with van der Waals surface area (Å²) in [5, 5.41) is 0.417. The van der Waals surface area contributed by atoms with Crippen LogP contribution in [0.25, 0.3) is 11.0 Å². The number of ether oxygens (including phenoxy) is 5. The highest BCUT2D eigenvalue weighted by Gasteiger charge is 2.57. The highest BCUT2D eigenvalue weighted by Crippen LogP contribution is 2.42. The summed E-state index contributed by atoms with van der Waals surface area (Å²) in [5.74, 6) is 0.428. The molecule has 176 valence electrons. The fourth-order valence-corrected chi connectivity index (χ4v) is 4.79. The van der Waals surface area contributed by atoms with E-state index in [0.29, 0.717) is 55.1 Å². The molecule has 3 aromatic rings. The van der Waals surface area contributed by atoms with Gasteiger partial charge in [-0.3, -0.25) is 9.59 Å². The minimum absolute atomic E-state index is 0.0796. The fourth-order valence-electron chi connectivity index (χ4n) is 4.79. The summed E-state index contributed by atoms with van der Waals surface area (Å²) >= 11 is 0. The van der Waals surface area contributed by atoms with Crippen LogP contribution in [0.15, 0.2) is 57.7 Å². The molecule has 1 atom stereocenters. The van der Waals surface area contributed by atoms with Gasteiger partial charge in [0.1, 0.15) is 17.1 Å². The molecular formula is C26H24O8. The topological polar surface area (TPSA) is 93.4 Å². The monoisotopic (exact) mass is 464 g/mol. The van der Waals surface area contributed by atoms with Crippen molar-refractivity contribution in [1.29, 1.82) is 0 Å². The van der Waals surface area contributed by atoms with Crippen LogP contribution in [0.5, 0.6) is 5.75 Å². The molecule has 1 aromatic heterocycles. The average molecular weight is 464 g/mol. The summed E-state index contributed by atoms with van der Waals surface area (Å²) in [6, 6.07) is 14.0. The molecule has 0 amide bonds. The maximum Gasteiger partial charge on any atom is 0.229 e. The van der Waals surface area contributed by atoms with Gasteiger partial charge in [-0.25, -0.2) is 0 Å². The number of fused-ring (bicyclic) bond motifs is 2. The summed E-state index contributed by atoms with van der Waals surface area (Å²) in [7, 11) is 0. The van der Waals surface area contributed by atoms with Crippen LogP contribution < -0.4 is 10.2 Å². The Morgan fingerprint density at radius 3 is 2.26 bits per heavy atom. The lowest BCUT2D eigenvalue weighted by Crippen LogP contribution is -2.56.